The fourth-order valence-corrected chi connectivity index (χ4v) is 1.97. The second kappa shape index (κ2) is 5.47. The first-order valence-corrected chi connectivity index (χ1v) is 5.75. The number of likely N-dealkylation sites (N-methyl/N-ethyl adjacent to an activating group) is 1. The van der Waals surface area contributed by atoms with Crippen LogP contribution in [0.4, 0.5) is 0 Å². The van der Waals surface area contributed by atoms with Crippen LogP contribution in [0.1, 0.15) is 20.3 Å². The summed E-state index contributed by atoms with van der Waals surface area (Å²) in [5.41, 5.74) is 0. The van der Waals surface area contributed by atoms with E-state index in [1.165, 1.54) is 0 Å². The first-order chi connectivity index (χ1) is 7.07. The van der Waals surface area contributed by atoms with Gasteiger partial charge in [-0.1, -0.05) is 6.92 Å². The van der Waals surface area contributed by atoms with E-state index in [2.05, 4.69) is 17.1 Å². The Morgan fingerprint density at radius 2 is 2.07 bits per heavy atom. The van der Waals surface area contributed by atoms with Crippen LogP contribution in [0, 0.1) is 0 Å². The van der Waals surface area contributed by atoms with Crippen molar-refractivity contribution < 1.29 is 4.79 Å². The lowest BCUT2D eigenvalue weighted by atomic mass is 10.1. The van der Waals surface area contributed by atoms with Gasteiger partial charge in [0.2, 0.25) is 5.91 Å². The minimum atomic E-state index is 0.00653. The highest BCUT2D eigenvalue weighted by molar-refractivity contribution is 5.81. The molecule has 1 amide bonds. The molecule has 1 aliphatic rings. The van der Waals surface area contributed by atoms with Gasteiger partial charge in [0.05, 0.1) is 6.04 Å². The molecule has 0 spiro atoms. The summed E-state index contributed by atoms with van der Waals surface area (Å²) >= 11 is 0. The zero-order valence-corrected chi connectivity index (χ0v) is 10.3. The van der Waals surface area contributed by atoms with Crippen LogP contribution in [-0.2, 0) is 4.79 Å². The number of nitrogens with one attached hydrogen (secondary N) is 1. The van der Waals surface area contributed by atoms with Gasteiger partial charge in [0, 0.05) is 33.2 Å². The molecular formula is C11H23N3O. The van der Waals surface area contributed by atoms with E-state index in [0.717, 1.165) is 26.1 Å². The Kier molecular flexibility index (Phi) is 4.54. The molecule has 1 atom stereocenters. The Balaban J connectivity index is 2.57. The zero-order chi connectivity index (χ0) is 11.4. The highest BCUT2D eigenvalue weighted by Crippen LogP contribution is 2.12. The van der Waals surface area contributed by atoms with Crippen LogP contribution in [0.15, 0.2) is 0 Å². The molecule has 4 heteroatoms. The van der Waals surface area contributed by atoms with Crippen molar-refractivity contribution in [2.75, 3.05) is 33.7 Å². The highest BCUT2D eigenvalue weighted by atomic mass is 16.2. The van der Waals surface area contributed by atoms with Crippen LogP contribution in [-0.4, -0.2) is 61.5 Å². The van der Waals surface area contributed by atoms with E-state index in [4.69, 9.17) is 0 Å². The Bertz CT molecular complexity index is 214. The predicted octanol–water partition coefficient (Wildman–Crippen LogP) is 0.147. The minimum absolute atomic E-state index is 0.00653. The number of nitrogens with zero attached hydrogens (tertiary/aromatic N) is 2. The molecule has 0 aromatic rings. The van der Waals surface area contributed by atoms with Gasteiger partial charge in [0.1, 0.15) is 0 Å². The standard InChI is InChI=1S/C11H23N3O/c1-5-6-14(10-7-12-8-10)9(2)11(15)13(3)4/h9-10,12H,5-8H2,1-4H3. The first-order valence-electron chi connectivity index (χ1n) is 5.75. The van der Waals surface area contributed by atoms with Gasteiger partial charge in [0.25, 0.3) is 0 Å². The summed E-state index contributed by atoms with van der Waals surface area (Å²) in [5.74, 6) is 0.204. The van der Waals surface area contributed by atoms with Crippen molar-refractivity contribution in [3.63, 3.8) is 0 Å². The van der Waals surface area contributed by atoms with Crippen LogP contribution in [0.3, 0.4) is 0 Å². The van der Waals surface area contributed by atoms with Crippen LogP contribution in [0.2, 0.25) is 0 Å². The average molecular weight is 213 g/mol. The SMILES string of the molecule is CCCN(C1CNC1)C(C)C(=O)N(C)C. The molecule has 1 aliphatic heterocycles. The maximum atomic E-state index is 11.9. The maximum absolute atomic E-state index is 11.9. The minimum Gasteiger partial charge on any atom is -0.347 e. The van der Waals surface area contributed by atoms with Crippen molar-refractivity contribution in [3.8, 4) is 0 Å². The molecule has 1 rings (SSSR count). The van der Waals surface area contributed by atoms with Gasteiger partial charge >= 0.3 is 0 Å². The second-order valence-corrected chi connectivity index (χ2v) is 4.46. The molecule has 0 bridgehead atoms. The fraction of sp³-hybridized carbons (Fsp3) is 0.909. The Labute approximate surface area is 92.6 Å². The molecule has 0 radical (unpaired) electrons. The molecule has 0 aliphatic carbocycles. The summed E-state index contributed by atoms with van der Waals surface area (Å²) in [6.45, 7) is 7.21. The molecule has 1 fully saturated rings. The van der Waals surface area contributed by atoms with Crippen molar-refractivity contribution in [2.24, 2.45) is 0 Å². The van der Waals surface area contributed by atoms with Gasteiger partial charge in [-0.05, 0) is 19.9 Å². The van der Waals surface area contributed by atoms with E-state index in [1.54, 1.807) is 4.90 Å². The highest BCUT2D eigenvalue weighted by Gasteiger charge is 2.31. The molecule has 15 heavy (non-hydrogen) atoms. The van der Waals surface area contributed by atoms with E-state index in [1.807, 2.05) is 21.0 Å². The monoisotopic (exact) mass is 213 g/mol. The van der Waals surface area contributed by atoms with Gasteiger partial charge in [-0.25, -0.2) is 0 Å². The number of hydrogen-bond donors (Lipinski definition) is 1. The number of carbonyl (C=O) groups excluding carboxylic acids is 1. The Morgan fingerprint density at radius 1 is 1.47 bits per heavy atom. The van der Waals surface area contributed by atoms with Gasteiger partial charge < -0.3 is 10.2 Å². The second-order valence-electron chi connectivity index (χ2n) is 4.46. The first kappa shape index (κ1) is 12.5. The van der Waals surface area contributed by atoms with Crippen molar-refractivity contribution in [3.05, 3.63) is 0 Å². The van der Waals surface area contributed by atoms with Crippen LogP contribution in [0.25, 0.3) is 0 Å². The summed E-state index contributed by atoms with van der Waals surface area (Å²) in [5, 5.41) is 3.26. The molecule has 1 N–H and O–H groups in total. The lowest BCUT2D eigenvalue weighted by Gasteiger charge is -2.41. The Hall–Kier alpha value is -0.610. The average Bonchev–Trinajstić information content (AvgIpc) is 2.12. The summed E-state index contributed by atoms with van der Waals surface area (Å²) in [7, 11) is 3.64. The third-order valence-electron chi connectivity index (χ3n) is 3.01. The van der Waals surface area contributed by atoms with E-state index in [0.29, 0.717) is 6.04 Å². The summed E-state index contributed by atoms with van der Waals surface area (Å²) in [6.07, 6.45) is 1.10. The predicted molar refractivity (Wildman–Crippen MR) is 61.8 cm³/mol. The number of hydrogen-bond acceptors (Lipinski definition) is 3. The largest absolute Gasteiger partial charge is 0.347 e. The molecule has 1 unspecified atom stereocenters. The third-order valence-corrected chi connectivity index (χ3v) is 3.01. The molecule has 88 valence electrons. The quantitative estimate of drug-likeness (QED) is 0.706. The van der Waals surface area contributed by atoms with E-state index >= 15 is 0 Å². The fourth-order valence-electron chi connectivity index (χ4n) is 1.97. The lowest BCUT2D eigenvalue weighted by Crippen LogP contribution is -2.61. The molecule has 0 saturated carbocycles. The lowest BCUT2D eigenvalue weighted by molar-refractivity contribution is -0.135. The van der Waals surface area contributed by atoms with Crippen molar-refractivity contribution in [2.45, 2.75) is 32.4 Å². The third kappa shape index (κ3) is 2.92. The number of carbonyl (C=O) groups is 1. The van der Waals surface area contributed by atoms with Gasteiger partial charge in [-0.2, -0.15) is 0 Å². The Morgan fingerprint density at radius 3 is 2.40 bits per heavy atom. The molecule has 1 saturated heterocycles. The molecule has 1 heterocycles. The summed E-state index contributed by atoms with van der Waals surface area (Å²) < 4.78 is 0. The van der Waals surface area contributed by atoms with Crippen LogP contribution < -0.4 is 5.32 Å². The molecule has 0 aromatic carbocycles. The van der Waals surface area contributed by atoms with E-state index < -0.39 is 0 Å². The van der Waals surface area contributed by atoms with Gasteiger partial charge in [0.15, 0.2) is 0 Å². The van der Waals surface area contributed by atoms with Crippen LogP contribution >= 0.6 is 0 Å². The summed E-state index contributed by atoms with van der Waals surface area (Å²) in [6, 6.07) is 0.552. The van der Waals surface area contributed by atoms with Gasteiger partial charge in [-0.15, -0.1) is 0 Å². The van der Waals surface area contributed by atoms with Crippen molar-refractivity contribution >= 4 is 5.91 Å². The van der Waals surface area contributed by atoms with Gasteiger partial charge in [-0.3, -0.25) is 9.69 Å². The zero-order valence-electron chi connectivity index (χ0n) is 10.3. The number of rotatable bonds is 5. The van der Waals surface area contributed by atoms with Crippen molar-refractivity contribution in [1.82, 2.24) is 15.1 Å². The smallest absolute Gasteiger partial charge is 0.239 e. The molecule has 0 aromatic heterocycles. The normalized spacial score (nSPS) is 18.7. The maximum Gasteiger partial charge on any atom is 0.239 e. The van der Waals surface area contributed by atoms with Crippen molar-refractivity contribution in [1.29, 1.82) is 0 Å². The van der Waals surface area contributed by atoms with E-state index in [9.17, 15) is 4.79 Å². The topological polar surface area (TPSA) is 35.6 Å². The number of amides is 1. The summed E-state index contributed by atoms with van der Waals surface area (Å²) in [4.78, 5) is 15.9. The van der Waals surface area contributed by atoms with E-state index in [-0.39, 0.29) is 11.9 Å². The molecule has 4 nitrogen and oxygen atoms in total. The van der Waals surface area contributed by atoms with Crippen LogP contribution in [0.5, 0.6) is 0 Å². The molecular weight excluding hydrogens is 190 g/mol.